The number of amides is 1. The van der Waals surface area contributed by atoms with Crippen LogP contribution >= 0.6 is 12.4 Å². The molecule has 1 aliphatic carbocycles. The molecule has 1 fully saturated rings. The quantitative estimate of drug-likeness (QED) is 0.639. The summed E-state index contributed by atoms with van der Waals surface area (Å²) in [6, 6.07) is 6.24. The third kappa shape index (κ3) is 4.68. The highest BCUT2D eigenvalue weighted by atomic mass is 35.5. The maximum atomic E-state index is 12.0. The van der Waals surface area contributed by atoms with Crippen LogP contribution < -0.4 is 11.1 Å². The summed E-state index contributed by atoms with van der Waals surface area (Å²) in [6.45, 7) is 0.600. The van der Waals surface area contributed by atoms with Gasteiger partial charge in [0.15, 0.2) is 0 Å². The number of non-ortho nitro benzene ring substituents is 1. The molecule has 6 nitrogen and oxygen atoms in total. The van der Waals surface area contributed by atoms with Crippen LogP contribution in [0.25, 0.3) is 0 Å². The number of carbonyl (C=O) groups is 1. The average Bonchev–Trinajstić information content (AvgIpc) is 2.86. The molecule has 1 saturated carbocycles. The van der Waals surface area contributed by atoms with E-state index in [1.54, 1.807) is 12.1 Å². The average molecular weight is 314 g/mol. The Kier molecular flexibility index (Phi) is 6.58. The summed E-state index contributed by atoms with van der Waals surface area (Å²) in [5.74, 6) is 0.319. The Morgan fingerprint density at radius 3 is 2.57 bits per heavy atom. The Labute approximate surface area is 129 Å². The molecule has 0 heterocycles. The minimum absolute atomic E-state index is 0. The van der Waals surface area contributed by atoms with E-state index in [-0.39, 0.29) is 36.5 Å². The zero-order chi connectivity index (χ0) is 14.5. The molecule has 7 heteroatoms. The van der Waals surface area contributed by atoms with Gasteiger partial charge in [0.05, 0.1) is 11.3 Å². The van der Waals surface area contributed by atoms with Crippen molar-refractivity contribution in [1.29, 1.82) is 0 Å². The summed E-state index contributed by atoms with van der Waals surface area (Å²) in [5, 5.41) is 13.6. The minimum atomic E-state index is -0.450. The van der Waals surface area contributed by atoms with Crippen molar-refractivity contribution in [3.8, 4) is 0 Å². The SMILES string of the molecule is Cl.NCC1CCCC1NC(=O)Cc1ccc([N+](=O)[O-])cc1. The van der Waals surface area contributed by atoms with E-state index in [0.717, 1.165) is 24.8 Å². The van der Waals surface area contributed by atoms with E-state index in [2.05, 4.69) is 5.32 Å². The second-order valence-electron chi connectivity index (χ2n) is 5.20. The number of hydrogen-bond donors (Lipinski definition) is 2. The van der Waals surface area contributed by atoms with Gasteiger partial charge in [-0.2, -0.15) is 0 Å². The number of nitrogens with two attached hydrogens (primary N) is 1. The fraction of sp³-hybridized carbons (Fsp3) is 0.500. The van der Waals surface area contributed by atoms with Crippen LogP contribution in [0.1, 0.15) is 24.8 Å². The Morgan fingerprint density at radius 2 is 2.00 bits per heavy atom. The topological polar surface area (TPSA) is 98.3 Å². The highest BCUT2D eigenvalue weighted by Crippen LogP contribution is 2.24. The number of nitrogens with zero attached hydrogens (tertiary/aromatic N) is 1. The van der Waals surface area contributed by atoms with Gasteiger partial charge in [0, 0.05) is 18.2 Å². The lowest BCUT2D eigenvalue weighted by Gasteiger charge is -2.19. The molecule has 2 rings (SSSR count). The Hall–Kier alpha value is -1.66. The summed E-state index contributed by atoms with van der Waals surface area (Å²) in [4.78, 5) is 22.1. The van der Waals surface area contributed by atoms with Gasteiger partial charge in [0.1, 0.15) is 0 Å². The highest BCUT2D eigenvalue weighted by Gasteiger charge is 2.27. The molecular weight excluding hydrogens is 294 g/mol. The molecular formula is C14H20ClN3O3. The Morgan fingerprint density at radius 1 is 1.33 bits per heavy atom. The molecule has 0 spiro atoms. The zero-order valence-electron chi connectivity index (χ0n) is 11.7. The molecule has 21 heavy (non-hydrogen) atoms. The third-order valence-electron chi connectivity index (χ3n) is 3.82. The Bertz CT molecular complexity index is 493. The molecule has 1 aromatic carbocycles. The first-order valence-corrected chi connectivity index (χ1v) is 6.83. The van der Waals surface area contributed by atoms with E-state index < -0.39 is 4.92 Å². The molecule has 0 aliphatic heterocycles. The maximum absolute atomic E-state index is 12.0. The number of hydrogen-bond acceptors (Lipinski definition) is 4. The number of nitro groups is 1. The smallest absolute Gasteiger partial charge is 0.269 e. The van der Waals surface area contributed by atoms with Gasteiger partial charge in [-0.1, -0.05) is 18.6 Å². The molecule has 3 N–H and O–H groups in total. The van der Waals surface area contributed by atoms with Crippen LogP contribution in [0, 0.1) is 16.0 Å². The second kappa shape index (κ2) is 7.95. The van der Waals surface area contributed by atoms with Crippen LogP contribution in [0.3, 0.4) is 0 Å². The predicted octanol–water partition coefficient (Wildman–Crippen LogP) is 1.80. The molecule has 1 aromatic rings. The largest absolute Gasteiger partial charge is 0.353 e. The summed E-state index contributed by atoms with van der Waals surface area (Å²) in [7, 11) is 0. The lowest BCUT2D eigenvalue weighted by atomic mass is 10.0. The van der Waals surface area contributed by atoms with Crippen molar-refractivity contribution in [3.63, 3.8) is 0 Å². The van der Waals surface area contributed by atoms with Gasteiger partial charge >= 0.3 is 0 Å². The minimum Gasteiger partial charge on any atom is -0.353 e. The number of benzene rings is 1. The molecule has 0 bridgehead atoms. The van der Waals surface area contributed by atoms with E-state index in [4.69, 9.17) is 5.73 Å². The summed E-state index contributed by atoms with van der Waals surface area (Å²) >= 11 is 0. The molecule has 116 valence electrons. The van der Waals surface area contributed by atoms with E-state index in [1.165, 1.54) is 12.1 Å². The highest BCUT2D eigenvalue weighted by molar-refractivity contribution is 5.85. The van der Waals surface area contributed by atoms with Crippen molar-refractivity contribution in [3.05, 3.63) is 39.9 Å². The van der Waals surface area contributed by atoms with Crippen LogP contribution in [0.2, 0.25) is 0 Å². The van der Waals surface area contributed by atoms with Crippen molar-refractivity contribution < 1.29 is 9.72 Å². The number of rotatable bonds is 5. The van der Waals surface area contributed by atoms with Crippen molar-refractivity contribution in [1.82, 2.24) is 5.32 Å². The monoisotopic (exact) mass is 313 g/mol. The number of nitrogens with one attached hydrogen (secondary N) is 1. The zero-order valence-corrected chi connectivity index (χ0v) is 12.5. The van der Waals surface area contributed by atoms with E-state index in [9.17, 15) is 14.9 Å². The first-order valence-electron chi connectivity index (χ1n) is 6.83. The van der Waals surface area contributed by atoms with E-state index in [1.807, 2.05) is 0 Å². The first kappa shape index (κ1) is 17.4. The van der Waals surface area contributed by atoms with Crippen molar-refractivity contribution in [2.75, 3.05) is 6.54 Å². The van der Waals surface area contributed by atoms with Crippen LogP contribution in [-0.4, -0.2) is 23.4 Å². The molecule has 0 aromatic heterocycles. The number of nitro benzene ring substituents is 1. The molecule has 0 saturated heterocycles. The van der Waals surface area contributed by atoms with Crippen LogP contribution in [0.5, 0.6) is 0 Å². The van der Waals surface area contributed by atoms with Crippen molar-refractivity contribution in [2.45, 2.75) is 31.7 Å². The number of halogens is 1. The fourth-order valence-electron chi connectivity index (χ4n) is 2.69. The lowest BCUT2D eigenvalue weighted by Crippen LogP contribution is -2.40. The number of carbonyl (C=O) groups excluding carboxylic acids is 1. The second-order valence-corrected chi connectivity index (χ2v) is 5.20. The Balaban J connectivity index is 0.00000220. The van der Waals surface area contributed by atoms with Gasteiger partial charge in [0.25, 0.3) is 5.69 Å². The summed E-state index contributed by atoms with van der Waals surface area (Å²) in [5.41, 5.74) is 6.49. The standard InChI is InChI=1S/C14H19N3O3.ClH/c15-9-11-2-1-3-13(11)16-14(18)8-10-4-6-12(7-5-10)17(19)20;/h4-7,11,13H,1-3,8-9,15H2,(H,16,18);1H. The van der Waals surface area contributed by atoms with Crippen LogP contribution in [0.4, 0.5) is 5.69 Å². The van der Waals surface area contributed by atoms with Gasteiger partial charge in [-0.3, -0.25) is 14.9 Å². The summed E-state index contributed by atoms with van der Waals surface area (Å²) in [6.07, 6.45) is 3.39. The molecule has 1 aliphatic rings. The van der Waals surface area contributed by atoms with Gasteiger partial charge in [-0.25, -0.2) is 0 Å². The first-order chi connectivity index (χ1) is 9.60. The van der Waals surface area contributed by atoms with Crippen LogP contribution in [0.15, 0.2) is 24.3 Å². The van der Waals surface area contributed by atoms with Gasteiger partial charge in [0.2, 0.25) is 5.91 Å². The summed E-state index contributed by atoms with van der Waals surface area (Å²) < 4.78 is 0. The van der Waals surface area contributed by atoms with E-state index in [0.29, 0.717) is 12.5 Å². The predicted molar refractivity (Wildman–Crippen MR) is 82.4 cm³/mol. The van der Waals surface area contributed by atoms with Crippen LogP contribution in [-0.2, 0) is 11.2 Å². The van der Waals surface area contributed by atoms with Gasteiger partial charge < -0.3 is 11.1 Å². The van der Waals surface area contributed by atoms with Crippen molar-refractivity contribution in [2.24, 2.45) is 11.7 Å². The van der Waals surface area contributed by atoms with E-state index >= 15 is 0 Å². The van der Waals surface area contributed by atoms with Crippen molar-refractivity contribution >= 4 is 24.0 Å². The maximum Gasteiger partial charge on any atom is 0.269 e. The normalized spacial score (nSPS) is 20.6. The molecule has 2 atom stereocenters. The van der Waals surface area contributed by atoms with Gasteiger partial charge in [-0.15, -0.1) is 12.4 Å². The molecule has 2 unspecified atom stereocenters. The van der Waals surface area contributed by atoms with Gasteiger partial charge in [-0.05, 0) is 30.9 Å². The fourth-order valence-corrected chi connectivity index (χ4v) is 2.69. The third-order valence-corrected chi connectivity index (χ3v) is 3.82. The lowest BCUT2D eigenvalue weighted by molar-refractivity contribution is -0.384. The molecule has 1 amide bonds. The molecule has 0 radical (unpaired) electrons.